The van der Waals surface area contributed by atoms with Crippen molar-refractivity contribution in [2.75, 3.05) is 13.2 Å². The smallest absolute Gasteiger partial charge is 0.306 e. The lowest BCUT2D eigenvalue weighted by Gasteiger charge is -2.18. The van der Waals surface area contributed by atoms with Crippen molar-refractivity contribution in [3.63, 3.8) is 0 Å². The molecular weight excluding hydrogens is 685 g/mol. The minimum Gasteiger partial charge on any atom is -0.462 e. The fourth-order valence-electron chi connectivity index (χ4n) is 7.28. The molecule has 1 atom stereocenters. The first kappa shape index (κ1) is 53.4. The van der Waals surface area contributed by atoms with E-state index in [0.717, 1.165) is 69.6 Å². The van der Waals surface area contributed by atoms with Crippen LogP contribution in [0.2, 0.25) is 0 Å². The van der Waals surface area contributed by atoms with Gasteiger partial charge < -0.3 is 14.2 Å². The molecule has 0 aromatic heterocycles. The van der Waals surface area contributed by atoms with E-state index in [2.05, 4.69) is 34.6 Å². The highest BCUT2D eigenvalue weighted by Gasteiger charge is 2.19. The molecule has 0 unspecified atom stereocenters. The molecule has 0 aromatic rings. The average Bonchev–Trinajstić information content (AvgIpc) is 3.15. The first-order valence-electron chi connectivity index (χ1n) is 24.2. The summed E-state index contributed by atoms with van der Waals surface area (Å²) < 4.78 is 16.7. The Hall–Kier alpha value is -1.59. The maximum atomic E-state index is 12.6. The van der Waals surface area contributed by atoms with Crippen molar-refractivity contribution in [1.29, 1.82) is 0 Å². The summed E-state index contributed by atoms with van der Waals surface area (Å²) in [6.45, 7) is 11.3. The summed E-state index contributed by atoms with van der Waals surface area (Å²) in [4.78, 5) is 37.7. The molecule has 326 valence electrons. The Balaban J connectivity index is 4.20. The van der Waals surface area contributed by atoms with E-state index in [9.17, 15) is 14.4 Å². The van der Waals surface area contributed by atoms with Gasteiger partial charge in [-0.3, -0.25) is 14.4 Å². The molecule has 0 heterocycles. The normalized spacial score (nSPS) is 12.1. The second kappa shape index (κ2) is 42.0. The summed E-state index contributed by atoms with van der Waals surface area (Å²) in [6.07, 6.45) is 41.0. The molecule has 0 bridgehead atoms. The summed E-state index contributed by atoms with van der Waals surface area (Å²) in [6, 6.07) is 0. The van der Waals surface area contributed by atoms with Crippen LogP contribution in [0.5, 0.6) is 0 Å². The number of carbonyl (C=O) groups is 3. The fourth-order valence-corrected chi connectivity index (χ4v) is 7.28. The molecule has 0 aromatic carbocycles. The van der Waals surface area contributed by atoms with Crippen LogP contribution >= 0.6 is 0 Å². The van der Waals surface area contributed by atoms with Crippen molar-refractivity contribution in [2.24, 2.45) is 11.8 Å². The third kappa shape index (κ3) is 43.4. The summed E-state index contributed by atoms with van der Waals surface area (Å²) in [5, 5.41) is 0. The van der Waals surface area contributed by atoms with Crippen LogP contribution in [0, 0.1) is 11.8 Å². The molecule has 0 spiro atoms. The van der Waals surface area contributed by atoms with E-state index in [0.29, 0.717) is 19.3 Å². The van der Waals surface area contributed by atoms with Crippen molar-refractivity contribution < 1.29 is 28.6 Å². The van der Waals surface area contributed by atoms with Crippen LogP contribution in [0.25, 0.3) is 0 Å². The lowest BCUT2D eigenvalue weighted by Crippen LogP contribution is -2.30. The Kier molecular flexibility index (Phi) is 40.8. The summed E-state index contributed by atoms with van der Waals surface area (Å²) >= 11 is 0. The summed E-state index contributed by atoms with van der Waals surface area (Å²) in [5.41, 5.74) is 0. The predicted molar refractivity (Wildman–Crippen MR) is 233 cm³/mol. The lowest BCUT2D eigenvalue weighted by atomic mass is 10.0. The molecular formula is C49H94O6. The molecule has 0 radical (unpaired) electrons. The fraction of sp³-hybridized carbons (Fsp3) is 0.939. The summed E-state index contributed by atoms with van der Waals surface area (Å²) in [7, 11) is 0. The second-order valence-corrected chi connectivity index (χ2v) is 17.7. The maximum absolute atomic E-state index is 12.6. The largest absolute Gasteiger partial charge is 0.462 e. The molecule has 0 fully saturated rings. The average molecular weight is 779 g/mol. The van der Waals surface area contributed by atoms with E-state index in [1.807, 2.05) is 0 Å². The van der Waals surface area contributed by atoms with Crippen LogP contribution in [0.4, 0.5) is 0 Å². The Morgan fingerprint density at radius 2 is 0.600 bits per heavy atom. The Morgan fingerprint density at radius 1 is 0.345 bits per heavy atom. The van der Waals surface area contributed by atoms with Crippen LogP contribution < -0.4 is 0 Å². The molecule has 0 amide bonds. The Bertz CT molecular complexity index is 839. The third-order valence-corrected chi connectivity index (χ3v) is 11.0. The van der Waals surface area contributed by atoms with Crippen LogP contribution in [-0.4, -0.2) is 37.2 Å². The zero-order valence-electron chi connectivity index (χ0n) is 37.6. The van der Waals surface area contributed by atoms with Gasteiger partial charge in [0.15, 0.2) is 6.10 Å². The van der Waals surface area contributed by atoms with Gasteiger partial charge >= 0.3 is 17.9 Å². The number of unbranched alkanes of at least 4 members (excludes halogenated alkanes) is 28. The van der Waals surface area contributed by atoms with Crippen molar-refractivity contribution in [1.82, 2.24) is 0 Å². The van der Waals surface area contributed by atoms with Crippen molar-refractivity contribution in [3.05, 3.63) is 0 Å². The molecule has 55 heavy (non-hydrogen) atoms. The summed E-state index contributed by atoms with van der Waals surface area (Å²) in [5.74, 6) is 0.807. The first-order valence-corrected chi connectivity index (χ1v) is 24.2. The van der Waals surface area contributed by atoms with Crippen LogP contribution in [0.1, 0.15) is 266 Å². The lowest BCUT2D eigenvalue weighted by molar-refractivity contribution is -0.167. The van der Waals surface area contributed by atoms with Gasteiger partial charge in [-0.05, 0) is 31.1 Å². The zero-order valence-corrected chi connectivity index (χ0v) is 37.6. The molecule has 0 saturated heterocycles. The van der Waals surface area contributed by atoms with Gasteiger partial charge in [0.25, 0.3) is 0 Å². The monoisotopic (exact) mass is 779 g/mol. The molecule has 0 saturated carbocycles. The van der Waals surface area contributed by atoms with E-state index in [4.69, 9.17) is 14.2 Å². The van der Waals surface area contributed by atoms with E-state index in [-0.39, 0.29) is 31.1 Å². The Morgan fingerprint density at radius 3 is 0.891 bits per heavy atom. The highest BCUT2D eigenvalue weighted by Crippen LogP contribution is 2.17. The minimum atomic E-state index is -0.759. The Labute approximate surface area is 342 Å². The van der Waals surface area contributed by atoms with Crippen LogP contribution in [0.3, 0.4) is 0 Å². The number of hydrogen-bond acceptors (Lipinski definition) is 6. The first-order chi connectivity index (χ1) is 26.7. The van der Waals surface area contributed by atoms with E-state index in [1.54, 1.807) is 0 Å². The molecule has 6 heteroatoms. The van der Waals surface area contributed by atoms with Gasteiger partial charge in [-0.15, -0.1) is 0 Å². The van der Waals surface area contributed by atoms with Gasteiger partial charge in [-0.1, -0.05) is 227 Å². The van der Waals surface area contributed by atoms with E-state index in [1.165, 1.54) is 154 Å². The number of ether oxygens (including phenoxy) is 3. The quantitative estimate of drug-likeness (QED) is 0.0348. The highest BCUT2D eigenvalue weighted by atomic mass is 16.6. The second-order valence-electron chi connectivity index (χ2n) is 17.7. The standard InChI is InChI=1S/C49H94O6/c1-6-7-8-9-22-31-36-41-49(52)55-46(43-54-48(51)40-35-30-26-21-17-13-15-19-24-28-33-38-45(4)5)42-53-47(50)39-34-29-25-20-16-12-10-11-14-18-23-27-32-37-44(2)3/h44-46H,6-43H2,1-5H3/t46-/m1/s1. The van der Waals surface area contributed by atoms with Gasteiger partial charge in [0.05, 0.1) is 0 Å². The third-order valence-electron chi connectivity index (χ3n) is 11.0. The number of carbonyl (C=O) groups excluding carboxylic acids is 3. The molecule has 0 N–H and O–H groups in total. The SMILES string of the molecule is CCCCCCCCCC(=O)O[C@H](COC(=O)CCCCCCCCCCCCCCCC(C)C)COC(=O)CCCCCCCCCCCCCC(C)C. The molecule has 6 nitrogen and oxygen atoms in total. The van der Waals surface area contributed by atoms with Gasteiger partial charge in [-0.25, -0.2) is 0 Å². The highest BCUT2D eigenvalue weighted by molar-refractivity contribution is 5.71. The van der Waals surface area contributed by atoms with Crippen molar-refractivity contribution in [3.8, 4) is 0 Å². The van der Waals surface area contributed by atoms with Gasteiger partial charge in [0.2, 0.25) is 0 Å². The number of rotatable bonds is 43. The van der Waals surface area contributed by atoms with E-state index < -0.39 is 6.10 Å². The topological polar surface area (TPSA) is 78.9 Å². The number of esters is 3. The molecule has 0 rings (SSSR count). The predicted octanol–water partition coefficient (Wildman–Crippen LogP) is 15.4. The van der Waals surface area contributed by atoms with Gasteiger partial charge in [-0.2, -0.15) is 0 Å². The maximum Gasteiger partial charge on any atom is 0.306 e. The number of hydrogen-bond donors (Lipinski definition) is 0. The van der Waals surface area contributed by atoms with Gasteiger partial charge in [0, 0.05) is 19.3 Å². The van der Waals surface area contributed by atoms with E-state index >= 15 is 0 Å². The minimum absolute atomic E-state index is 0.0647. The van der Waals surface area contributed by atoms with Crippen molar-refractivity contribution in [2.45, 2.75) is 272 Å². The molecule has 0 aliphatic heterocycles. The van der Waals surface area contributed by atoms with Gasteiger partial charge in [0.1, 0.15) is 13.2 Å². The van der Waals surface area contributed by atoms with Crippen LogP contribution in [0.15, 0.2) is 0 Å². The van der Waals surface area contributed by atoms with Crippen LogP contribution in [-0.2, 0) is 28.6 Å². The molecule has 0 aliphatic carbocycles. The van der Waals surface area contributed by atoms with Crippen molar-refractivity contribution >= 4 is 17.9 Å². The molecule has 0 aliphatic rings. The zero-order chi connectivity index (χ0) is 40.5.